The van der Waals surface area contributed by atoms with Gasteiger partial charge in [-0.2, -0.15) is 0 Å². The summed E-state index contributed by atoms with van der Waals surface area (Å²) < 4.78 is 17.3. The summed E-state index contributed by atoms with van der Waals surface area (Å²) >= 11 is 0. The fourth-order valence-corrected chi connectivity index (χ4v) is 3.30. The first-order chi connectivity index (χ1) is 14.1. The predicted octanol–water partition coefficient (Wildman–Crippen LogP) is 2.30. The summed E-state index contributed by atoms with van der Waals surface area (Å²) in [5.41, 5.74) is 1.13. The van der Waals surface area contributed by atoms with E-state index < -0.39 is 0 Å². The van der Waals surface area contributed by atoms with Gasteiger partial charge in [-0.3, -0.25) is 4.99 Å². The summed E-state index contributed by atoms with van der Waals surface area (Å²) in [6, 6.07) is 15.9. The molecule has 1 heterocycles. The van der Waals surface area contributed by atoms with Crippen LogP contribution in [0.3, 0.4) is 0 Å². The van der Waals surface area contributed by atoms with Crippen molar-refractivity contribution in [3.05, 3.63) is 54.1 Å². The maximum Gasteiger partial charge on any atom is 0.191 e. The van der Waals surface area contributed by atoms with Crippen molar-refractivity contribution in [2.24, 2.45) is 4.99 Å². The molecule has 0 spiro atoms. The lowest BCUT2D eigenvalue weighted by Crippen LogP contribution is -2.47. The highest BCUT2D eigenvalue weighted by molar-refractivity contribution is 5.79. The Bertz CT molecular complexity index is 825. The number of ether oxygens (including phenoxy) is 3. The van der Waals surface area contributed by atoms with Crippen LogP contribution in [0, 0.1) is 0 Å². The standard InChI is InChI=1S/C22H30N4O3/c1-23-22(24-13-16-15-28-20-11-7-8-12-21(20)29-16)25-14-18(26(2)3)17-9-5-6-10-19(17)27-4/h5-12,16,18H,13-15H2,1-4H3,(H2,23,24,25). The van der Waals surface area contributed by atoms with Gasteiger partial charge >= 0.3 is 0 Å². The zero-order chi connectivity index (χ0) is 20.6. The highest BCUT2D eigenvalue weighted by Gasteiger charge is 2.22. The molecule has 0 fully saturated rings. The molecular weight excluding hydrogens is 368 g/mol. The Hall–Kier alpha value is -2.93. The van der Waals surface area contributed by atoms with Crippen LogP contribution in [0.15, 0.2) is 53.5 Å². The summed E-state index contributed by atoms with van der Waals surface area (Å²) in [5.74, 6) is 3.16. The van der Waals surface area contributed by atoms with Gasteiger partial charge in [0.1, 0.15) is 18.5 Å². The fourth-order valence-electron chi connectivity index (χ4n) is 3.30. The second kappa shape index (κ2) is 10.0. The molecule has 2 N–H and O–H groups in total. The number of nitrogens with zero attached hydrogens (tertiary/aromatic N) is 2. The van der Waals surface area contributed by atoms with Gasteiger partial charge in [-0.1, -0.05) is 30.3 Å². The Morgan fingerprint density at radius 2 is 1.86 bits per heavy atom. The number of hydrogen-bond donors (Lipinski definition) is 2. The molecule has 2 aromatic rings. The topological polar surface area (TPSA) is 67.4 Å². The van der Waals surface area contributed by atoms with Crippen molar-refractivity contribution in [2.45, 2.75) is 12.1 Å². The van der Waals surface area contributed by atoms with E-state index in [1.54, 1.807) is 14.2 Å². The average Bonchev–Trinajstić information content (AvgIpc) is 2.76. The van der Waals surface area contributed by atoms with Gasteiger partial charge < -0.3 is 29.7 Å². The van der Waals surface area contributed by atoms with Crippen LogP contribution in [0.25, 0.3) is 0 Å². The Morgan fingerprint density at radius 1 is 1.14 bits per heavy atom. The number of likely N-dealkylation sites (N-methyl/N-ethyl adjacent to an activating group) is 1. The molecule has 0 bridgehead atoms. The normalized spacial score (nSPS) is 17.0. The molecule has 2 unspecified atom stereocenters. The van der Waals surface area contributed by atoms with E-state index in [0.29, 0.717) is 25.7 Å². The third-order valence-electron chi connectivity index (χ3n) is 4.87. The molecular formula is C22H30N4O3. The summed E-state index contributed by atoms with van der Waals surface area (Å²) in [6.45, 7) is 1.77. The summed E-state index contributed by atoms with van der Waals surface area (Å²) in [6.07, 6.45) is -0.0812. The molecule has 1 aliphatic heterocycles. The van der Waals surface area contributed by atoms with Gasteiger partial charge in [-0.25, -0.2) is 0 Å². The van der Waals surface area contributed by atoms with Crippen LogP contribution in [0.1, 0.15) is 11.6 Å². The summed E-state index contributed by atoms with van der Waals surface area (Å²) in [5, 5.41) is 6.73. The summed E-state index contributed by atoms with van der Waals surface area (Å²) in [4.78, 5) is 6.49. The van der Waals surface area contributed by atoms with Gasteiger partial charge in [0.05, 0.1) is 19.7 Å². The van der Waals surface area contributed by atoms with Crippen molar-refractivity contribution >= 4 is 5.96 Å². The van der Waals surface area contributed by atoms with Crippen molar-refractivity contribution < 1.29 is 14.2 Å². The number of nitrogens with one attached hydrogen (secondary N) is 2. The van der Waals surface area contributed by atoms with Crippen molar-refractivity contribution in [3.8, 4) is 17.2 Å². The molecule has 0 saturated heterocycles. The van der Waals surface area contributed by atoms with Gasteiger partial charge in [-0.15, -0.1) is 0 Å². The molecule has 0 amide bonds. The van der Waals surface area contributed by atoms with E-state index in [0.717, 1.165) is 22.8 Å². The molecule has 0 radical (unpaired) electrons. The van der Waals surface area contributed by atoms with Crippen LogP contribution in [0.4, 0.5) is 0 Å². The zero-order valence-electron chi connectivity index (χ0n) is 17.5. The quantitative estimate of drug-likeness (QED) is 0.551. The highest BCUT2D eigenvalue weighted by atomic mass is 16.6. The number of para-hydroxylation sites is 3. The summed E-state index contributed by atoms with van der Waals surface area (Å²) in [7, 11) is 7.57. The van der Waals surface area contributed by atoms with E-state index in [-0.39, 0.29) is 12.1 Å². The van der Waals surface area contributed by atoms with Gasteiger partial charge in [-0.05, 0) is 32.3 Å². The largest absolute Gasteiger partial charge is 0.496 e. The van der Waals surface area contributed by atoms with Crippen LogP contribution in [-0.4, -0.2) is 64.9 Å². The zero-order valence-corrected chi connectivity index (χ0v) is 17.5. The van der Waals surface area contributed by atoms with Gasteiger partial charge in [0.25, 0.3) is 0 Å². The minimum Gasteiger partial charge on any atom is -0.496 e. The number of guanidine groups is 1. The van der Waals surface area contributed by atoms with Crippen LogP contribution in [0.2, 0.25) is 0 Å². The highest BCUT2D eigenvalue weighted by Crippen LogP contribution is 2.30. The average molecular weight is 399 g/mol. The molecule has 0 aromatic heterocycles. The minimum absolute atomic E-state index is 0.0812. The van der Waals surface area contributed by atoms with E-state index in [4.69, 9.17) is 14.2 Å². The van der Waals surface area contributed by atoms with Crippen molar-refractivity contribution in [1.82, 2.24) is 15.5 Å². The maximum absolute atomic E-state index is 6.00. The Labute approximate surface area is 172 Å². The molecule has 0 aliphatic carbocycles. The Morgan fingerprint density at radius 3 is 2.59 bits per heavy atom. The molecule has 7 nitrogen and oxygen atoms in total. The Kier molecular flexibility index (Phi) is 7.19. The van der Waals surface area contributed by atoms with Crippen molar-refractivity contribution in [3.63, 3.8) is 0 Å². The predicted molar refractivity (Wildman–Crippen MR) is 115 cm³/mol. The van der Waals surface area contributed by atoms with E-state index in [1.165, 1.54) is 0 Å². The molecule has 1 aliphatic rings. The Balaban J connectivity index is 1.55. The first-order valence-corrected chi connectivity index (χ1v) is 9.74. The smallest absolute Gasteiger partial charge is 0.191 e. The van der Waals surface area contributed by atoms with Gasteiger partial charge in [0.15, 0.2) is 17.5 Å². The van der Waals surface area contributed by atoms with Crippen molar-refractivity contribution in [1.29, 1.82) is 0 Å². The molecule has 3 rings (SSSR count). The first-order valence-electron chi connectivity index (χ1n) is 9.74. The third kappa shape index (κ3) is 5.32. The minimum atomic E-state index is -0.0812. The van der Waals surface area contributed by atoms with E-state index in [9.17, 15) is 0 Å². The molecule has 7 heteroatoms. The fraction of sp³-hybridized carbons (Fsp3) is 0.409. The third-order valence-corrected chi connectivity index (χ3v) is 4.87. The number of benzene rings is 2. The van der Waals surface area contributed by atoms with Crippen LogP contribution >= 0.6 is 0 Å². The lowest BCUT2D eigenvalue weighted by Gasteiger charge is -2.29. The lowest BCUT2D eigenvalue weighted by molar-refractivity contribution is 0.0936. The molecule has 2 aromatic carbocycles. The number of methoxy groups -OCH3 is 1. The maximum atomic E-state index is 6.00. The van der Waals surface area contributed by atoms with E-state index >= 15 is 0 Å². The van der Waals surface area contributed by atoms with Gasteiger partial charge in [0.2, 0.25) is 0 Å². The monoisotopic (exact) mass is 398 g/mol. The number of fused-ring (bicyclic) bond motifs is 1. The van der Waals surface area contributed by atoms with Crippen molar-refractivity contribution in [2.75, 3.05) is 47.9 Å². The van der Waals surface area contributed by atoms with Crippen LogP contribution in [0.5, 0.6) is 17.2 Å². The molecule has 2 atom stereocenters. The second-order valence-corrected chi connectivity index (χ2v) is 7.05. The van der Waals surface area contributed by atoms with E-state index in [1.807, 2.05) is 42.5 Å². The first kappa shape index (κ1) is 20.8. The number of rotatable bonds is 7. The molecule has 156 valence electrons. The van der Waals surface area contributed by atoms with E-state index in [2.05, 4.69) is 40.7 Å². The second-order valence-electron chi connectivity index (χ2n) is 7.05. The van der Waals surface area contributed by atoms with Crippen LogP contribution in [-0.2, 0) is 0 Å². The lowest BCUT2D eigenvalue weighted by atomic mass is 10.0. The van der Waals surface area contributed by atoms with Gasteiger partial charge in [0, 0.05) is 19.2 Å². The molecule has 0 saturated carbocycles. The molecule has 29 heavy (non-hydrogen) atoms. The number of hydrogen-bond acceptors (Lipinski definition) is 5. The SMILES string of the molecule is CN=C(NCC1COc2ccccc2O1)NCC(c1ccccc1OC)N(C)C. The number of aliphatic imine (C=N–C) groups is 1. The van der Waals surface area contributed by atoms with Crippen LogP contribution < -0.4 is 24.8 Å².